The number of nitrogens with one attached hydrogen (secondary N) is 2. The van der Waals surface area contributed by atoms with Crippen LogP contribution in [0, 0.1) is 0 Å². The van der Waals surface area contributed by atoms with Crippen LogP contribution in [0.3, 0.4) is 0 Å². The van der Waals surface area contributed by atoms with E-state index in [-0.39, 0.29) is 23.6 Å². The minimum atomic E-state index is -0.174. The molecule has 6 nitrogen and oxygen atoms in total. The quantitative estimate of drug-likeness (QED) is 0.791. The summed E-state index contributed by atoms with van der Waals surface area (Å²) in [5, 5.41) is 13.3. The zero-order valence-electron chi connectivity index (χ0n) is 11.6. The van der Waals surface area contributed by atoms with Gasteiger partial charge in [0, 0.05) is 6.04 Å². The number of hydrogen-bond acceptors (Lipinski definition) is 6. The first-order valence-corrected chi connectivity index (χ1v) is 8.67. The summed E-state index contributed by atoms with van der Waals surface area (Å²) in [6.07, 6.45) is 2.05. The van der Waals surface area contributed by atoms with Gasteiger partial charge < -0.3 is 10.6 Å². The number of anilines is 1. The molecular weight excluding hydrogens is 320 g/mol. The molecule has 1 aliphatic carbocycles. The first-order chi connectivity index (χ1) is 10.7. The van der Waals surface area contributed by atoms with Gasteiger partial charge in [0.1, 0.15) is 5.51 Å². The minimum Gasteiger partial charge on any atom is -0.349 e. The molecule has 22 heavy (non-hydrogen) atoms. The Bertz CT molecular complexity index is 671. The van der Waals surface area contributed by atoms with E-state index in [4.69, 9.17) is 0 Å². The highest BCUT2D eigenvalue weighted by molar-refractivity contribution is 8.01. The van der Waals surface area contributed by atoms with Crippen LogP contribution in [-0.2, 0) is 4.79 Å². The summed E-state index contributed by atoms with van der Waals surface area (Å²) < 4.78 is 0.745. The Hall–Kier alpha value is -1.93. The normalized spacial score (nSPS) is 13.6. The molecule has 0 saturated heterocycles. The van der Waals surface area contributed by atoms with Crippen LogP contribution in [0.4, 0.5) is 5.69 Å². The molecule has 0 radical (unpaired) electrons. The van der Waals surface area contributed by atoms with Crippen molar-refractivity contribution in [2.24, 2.45) is 0 Å². The van der Waals surface area contributed by atoms with Gasteiger partial charge in [-0.2, -0.15) is 0 Å². The molecule has 0 spiro atoms. The predicted octanol–water partition coefficient (Wildman–Crippen LogP) is 2.16. The third-order valence-corrected chi connectivity index (χ3v) is 4.89. The average molecular weight is 334 g/mol. The van der Waals surface area contributed by atoms with E-state index in [1.54, 1.807) is 29.8 Å². The van der Waals surface area contributed by atoms with E-state index >= 15 is 0 Å². The lowest BCUT2D eigenvalue weighted by Crippen LogP contribution is -2.27. The van der Waals surface area contributed by atoms with Crippen molar-refractivity contribution < 1.29 is 9.59 Å². The molecular formula is C14H14N4O2S2. The van der Waals surface area contributed by atoms with Crippen molar-refractivity contribution in [3.8, 4) is 0 Å². The lowest BCUT2D eigenvalue weighted by Gasteiger charge is -2.10. The Kier molecular flexibility index (Phi) is 4.69. The van der Waals surface area contributed by atoms with Gasteiger partial charge in [-0.3, -0.25) is 9.59 Å². The Morgan fingerprint density at radius 1 is 1.32 bits per heavy atom. The lowest BCUT2D eigenvalue weighted by molar-refractivity contribution is -0.113. The van der Waals surface area contributed by atoms with Gasteiger partial charge in [-0.05, 0) is 25.0 Å². The van der Waals surface area contributed by atoms with Crippen LogP contribution in [0.25, 0.3) is 0 Å². The van der Waals surface area contributed by atoms with Gasteiger partial charge in [0.05, 0.1) is 17.0 Å². The van der Waals surface area contributed by atoms with E-state index in [0.717, 1.165) is 17.2 Å². The van der Waals surface area contributed by atoms with Crippen LogP contribution in [0.2, 0.25) is 0 Å². The van der Waals surface area contributed by atoms with Crippen LogP contribution in [0.15, 0.2) is 34.1 Å². The standard InChI is InChI=1S/C14H14N4O2S2/c19-12(7-21-14-18-15-8-22-14)17-11-4-2-1-3-10(11)13(20)16-9-5-6-9/h1-4,8-9H,5-7H2,(H,16,20)(H,17,19). The Balaban J connectivity index is 1.61. The number of hydrogen-bond donors (Lipinski definition) is 2. The molecule has 1 aromatic heterocycles. The summed E-state index contributed by atoms with van der Waals surface area (Å²) >= 11 is 2.71. The summed E-state index contributed by atoms with van der Waals surface area (Å²) in [6.45, 7) is 0. The van der Waals surface area contributed by atoms with Crippen molar-refractivity contribution in [2.45, 2.75) is 23.2 Å². The van der Waals surface area contributed by atoms with Crippen LogP contribution in [0.1, 0.15) is 23.2 Å². The van der Waals surface area contributed by atoms with Crippen molar-refractivity contribution in [1.82, 2.24) is 15.5 Å². The van der Waals surface area contributed by atoms with E-state index in [0.29, 0.717) is 11.3 Å². The van der Waals surface area contributed by atoms with Crippen LogP contribution in [0.5, 0.6) is 0 Å². The van der Waals surface area contributed by atoms with Crippen LogP contribution in [-0.4, -0.2) is 33.8 Å². The Morgan fingerprint density at radius 3 is 2.86 bits per heavy atom. The summed E-state index contributed by atoms with van der Waals surface area (Å²) in [4.78, 5) is 24.2. The number of carbonyl (C=O) groups is 2. The second-order valence-corrected chi connectivity index (χ2v) is 6.89. The highest BCUT2D eigenvalue weighted by Crippen LogP contribution is 2.22. The molecule has 0 unspecified atom stereocenters. The Morgan fingerprint density at radius 2 is 2.14 bits per heavy atom. The highest BCUT2D eigenvalue weighted by atomic mass is 32.2. The van der Waals surface area contributed by atoms with E-state index in [2.05, 4.69) is 20.8 Å². The molecule has 3 rings (SSSR count). The first-order valence-electron chi connectivity index (χ1n) is 6.81. The number of rotatable bonds is 6. The molecule has 0 aliphatic heterocycles. The summed E-state index contributed by atoms with van der Waals surface area (Å²) in [5.41, 5.74) is 2.64. The molecule has 1 fully saturated rings. The van der Waals surface area contributed by atoms with Gasteiger partial charge in [0.25, 0.3) is 5.91 Å². The summed E-state index contributed by atoms with van der Waals surface area (Å²) in [7, 11) is 0. The second kappa shape index (κ2) is 6.89. The second-order valence-electron chi connectivity index (χ2n) is 4.83. The van der Waals surface area contributed by atoms with Crippen molar-refractivity contribution >= 4 is 40.6 Å². The zero-order chi connectivity index (χ0) is 15.4. The van der Waals surface area contributed by atoms with Gasteiger partial charge in [-0.25, -0.2) is 0 Å². The van der Waals surface area contributed by atoms with Gasteiger partial charge in [0.15, 0.2) is 4.34 Å². The fraction of sp³-hybridized carbons (Fsp3) is 0.286. The van der Waals surface area contributed by atoms with Crippen molar-refractivity contribution in [2.75, 3.05) is 11.1 Å². The highest BCUT2D eigenvalue weighted by Gasteiger charge is 2.25. The van der Waals surface area contributed by atoms with Crippen LogP contribution < -0.4 is 10.6 Å². The van der Waals surface area contributed by atoms with E-state index < -0.39 is 0 Å². The van der Waals surface area contributed by atoms with Gasteiger partial charge in [-0.15, -0.1) is 10.2 Å². The maximum Gasteiger partial charge on any atom is 0.253 e. The SMILES string of the molecule is O=C(CSc1nncs1)Nc1ccccc1C(=O)NC1CC1. The number of aromatic nitrogens is 2. The van der Waals surface area contributed by atoms with Crippen LogP contribution >= 0.6 is 23.1 Å². The fourth-order valence-electron chi connectivity index (χ4n) is 1.82. The summed E-state index contributed by atoms with van der Waals surface area (Å²) in [6, 6.07) is 7.30. The molecule has 0 bridgehead atoms. The largest absolute Gasteiger partial charge is 0.349 e. The molecule has 1 saturated carbocycles. The lowest BCUT2D eigenvalue weighted by atomic mass is 10.1. The van der Waals surface area contributed by atoms with Gasteiger partial charge in [-0.1, -0.05) is 35.2 Å². The van der Waals surface area contributed by atoms with Gasteiger partial charge >= 0.3 is 0 Å². The van der Waals surface area contributed by atoms with E-state index in [1.165, 1.54) is 23.1 Å². The topological polar surface area (TPSA) is 84.0 Å². The maximum atomic E-state index is 12.2. The fourth-order valence-corrected chi connectivity index (χ4v) is 3.11. The number of amides is 2. The number of carbonyl (C=O) groups excluding carboxylic acids is 2. The molecule has 2 N–H and O–H groups in total. The number of benzene rings is 1. The molecule has 1 heterocycles. The maximum absolute atomic E-state index is 12.2. The molecule has 114 valence electrons. The van der Waals surface area contributed by atoms with E-state index in [9.17, 15) is 9.59 Å². The third-order valence-electron chi connectivity index (χ3n) is 3.03. The smallest absolute Gasteiger partial charge is 0.253 e. The molecule has 2 aromatic rings. The minimum absolute atomic E-state index is 0.143. The average Bonchev–Trinajstić information content (AvgIpc) is 3.17. The van der Waals surface area contributed by atoms with Gasteiger partial charge in [0.2, 0.25) is 5.91 Å². The number of thioether (sulfide) groups is 1. The molecule has 8 heteroatoms. The summed E-state index contributed by atoms with van der Waals surface area (Å²) in [5.74, 6) is -0.0876. The predicted molar refractivity (Wildman–Crippen MR) is 86.2 cm³/mol. The first kappa shape index (κ1) is 15.0. The van der Waals surface area contributed by atoms with Crippen molar-refractivity contribution in [3.63, 3.8) is 0 Å². The Labute approximate surface area is 135 Å². The number of para-hydroxylation sites is 1. The molecule has 1 aliphatic rings. The monoisotopic (exact) mass is 334 g/mol. The molecule has 1 aromatic carbocycles. The zero-order valence-corrected chi connectivity index (χ0v) is 13.2. The molecule has 0 atom stereocenters. The molecule has 2 amide bonds. The number of nitrogens with zero attached hydrogens (tertiary/aromatic N) is 2. The van der Waals surface area contributed by atoms with Crippen molar-refractivity contribution in [3.05, 3.63) is 35.3 Å². The van der Waals surface area contributed by atoms with Crippen molar-refractivity contribution in [1.29, 1.82) is 0 Å². The third kappa shape index (κ3) is 4.05. The van der Waals surface area contributed by atoms with E-state index in [1.807, 2.05) is 0 Å².